The summed E-state index contributed by atoms with van der Waals surface area (Å²) in [5, 5.41) is 1.09. The maximum Gasteiger partial charge on any atom is 0.129 e. The monoisotopic (exact) mass is 259 g/mol. The maximum atomic E-state index is 6.01. The number of rotatable bonds is 3. The minimum absolute atomic E-state index is 0.366. The van der Waals surface area contributed by atoms with Crippen LogP contribution in [-0.4, -0.2) is 11.1 Å². The van der Waals surface area contributed by atoms with Gasteiger partial charge >= 0.3 is 0 Å². The topological polar surface area (TPSA) is 22.1 Å². The van der Waals surface area contributed by atoms with Crippen molar-refractivity contribution in [3.63, 3.8) is 0 Å². The minimum Gasteiger partial charge on any atom is -0.372 e. The van der Waals surface area contributed by atoms with E-state index in [0.717, 1.165) is 18.5 Å². The zero-order chi connectivity index (χ0) is 11.4. The van der Waals surface area contributed by atoms with Gasteiger partial charge < -0.3 is 4.74 Å². The Labute approximate surface area is 106 Å². The van der Waals surface area contributed by atoms with Crippen molar-refractivity contribution >= 4 is 23.2 Å². The van der Waals surface area contributed by atoms with E-state index < -0.39 is 0 Å². The number of hydrogen-bond acceptors (Lipinski definition) is 2. The van der Waals surface area contributed by atoms with E-state index in [-0.39, 0.29) is 0 Å². The molecule has 0 unspecified atom stereocenters. The molecule has 1 aromatic heterocycles. The summed E-state index contributed by atoms with van der Waals surface area (Å²) >= 11 is 11.8. The second kappa shape index (κ2) is 5.85. The van der Waals surface area contributed by atoms with Crippen LogP contribution in [-0.2, 0) is 11.3 Å². The molecule has 0 N–H and O–H groups in total. The second-order valence-corrected chi connectivity index (χ2v) is 4.93. The Hall–Kier alpha value is -0.310. The van der Waals surface area contributed by atoms with Crippen molar-refractivity contribution in [3.05, 3.63) is 28.0 Å². The number of aromatic nitrogens is 1. The van der Waals surface area contributed by atoms with Crippen LogP contribution in [0.3, 0.4) is 0 Å². The Kier molecular flexibility index (Phi) is 4.45. The molecule has 1 fully saturated rings. The van der Waals surface area contributed by atoms with Gasteiger partial charge in [0.2, 0.25) is 0 Å². The Balaban J connectivity index is 1.90. The van der Waals surface area contributed by atoms with Crippen LogP contribution in [0, 0.1) is 0 Å². The van der Waals surface area contributed by atoms with Gasteiger partial charge in [0.15, 0.2) is 0 Å². The third-order valence-electron chi connectivity index (χ3n) is 2.89. The van der Waals surface area contributed by atoms with Crippen LogP contribution in [0.5, 0.6) is 0 Å². The van der Waals surface area contributed by atoms with Gasteiger partial charge in [-0.25, -0.2) is 4.98 Å². The zero-order valence-corrected chi connectivity index (χ0v) is 10.6. The van der Waals surface area contributed by atoms with Crippen LogP contribution >= 0.6 is 23.2 Å². The molecule has 0 amide bonds. The first kappa shape index (κ1) is 12.2. The molecule has 1 aromatic rings. The molecule has 0 atom stereocenters. The minimum atomic E-state index is 0.366. The predicted molar refractivity (Wildman–Crippen MR) is 65.9 cm³/mol. The number of pyridine rings is 1. The summed E-state index contributed by atoms with van der Waals surface area (Å²) in [7, 11) is 0. The first-order chi connectivity index (χ1) is 7.75. The van der Waals surface area contributed by atoms with E-state index >= 15 is 0 Å². The number of halogens is 2. The van der Waals surface area contributed by atoms with Crippen LogP contribution in [0.1, 0.15) is 37.8 Å². The molecule has 0 spiro atoms. The van der Waals surface area contributed by atoms with Crippen molar-refractivity contribution in [2.24, 2.45) is 0 Å². The largest absolute Gasteiger partial charge is 0.372 e. The van der Waals surface area contributed by atoms with Crippen LogP contribution < -0.4 is 0 Å². The highest BCUT2D eigenvalue weighted by molar-refractivity contribution is 6.32. The van der Waals surface area contributed by atoms with E-state index in [2.05, 4.69) is 4.98 Å². The quantitative estimate of drug-likeness (QED) is 0.758. The Morgan fingerprint density at radius 1 is 1.19 bits per heavy atom. The molecule has 0 aromatic carbocycles. The van der Waals surface area contributed by atoms with Crippen molar-refractivity contribution in [2.45, 2.75) is 44.8 Å². The van der Waals surface area contributed by atoms with E-state index in [0.29, 0.717) is 22.9 Å². The van der Waals surface area contributed by atoms with Crippen LogP contribution in [0.4, 0.5) is 0 Å². The van der Waals surface area contributed by atoms with E-state index in [1.807, 2.05) is 0 Å². The van der Waals surface area contributed by atoms with E-state index in [4.69, 9.17) is 27.9 Å². The molecule has 1 saturated carbocycles. The fourth-order valence-corrected chi connectivity index (χ4v) is 2.31. The molecule has 1 heterocycles. The van der Waals surface area contributed by atoms with Crippen molar-refractivity contribution in [2.75, 3.05) is 0 Å². The fraction of sp³-hybridized carbons (Fsp3) is 0.583. The second-order valence-electron chi connectivity index (χ2n) is 4.13. The summed E-state index contributed by atoms with van der Waals surface area (Å²) in [6.45, 7) is 0.462. The van der Waals surface area contributed by atoms with Gasteiger partial charge in [0.05, 0.1) is 23.4 Å². The van der Waals surface area contributed by atoms with Gasteiger partial charge in [0.1, 0.15) is 5.15 Å². The molecule has 4 heteroatoms. The van der Waals surface area contributed by atoms with E-state index in [9.17, 15) is 0 Å². The summed E-state index contributed by atoms with van der Waals surface area (Å²) in [6.07, 6.45) is 6.53. The summed E-state index contributed by atoms with van der Waals surface area (Å²) in [5.41, 5.74) is 0.736. The fourth-order valence-electron chi connectivity index (χ4n) is 1.99. The average Bonchev–Trinajstić information content (AvgIpc) is 2.32. The molecule has 88 valence electrons. The first-order valence-corrected chi connectivity index (χ1v) is 6.44. The van der Waals surface area contributed by atoms with Crippen molar-refractivity contribution < 1.29 is 4.74 Å². The Morgan fingerprint density at radius 2 is 1.94 bits per heavy atom. The molecule has 2 rings (SSSR count). The van der Waals surface area contributed by atoms with Gasteiger partial charge in [0, 0.05) is 0 Å². The lowest BCUT2D eigenvalue weighted by atomic mass is 9.98. The molecule has 2 nitrogen and oxygen atoms in total. The summed E-state index contributed by atoms with van der Waals surface area (Å²) in [6, 6.07) is 3.45. The highest BCUT2D eigenvalue weighted by atomic mass is 35.5. The smallest absolute Gasteiger partial charge is 0.129 e. The first-order valence-electron chi connectivity index (χ1n) is 5.68. The third-order valence-corrected chi connectivity index (χ3v) is 3.45. The predicted octanol–water partition coefficient (Wildman–Crippen LogP) is 4.24. The average molecular weight is 260 g/mol. The molecule has 0 aliphatic heterocycles. The van der Waals surface area contributed by atoms with Gasteiger partial charge in [0.25, 0.3) is 0 Å². The van der Waals surface area contributed by atoms with Gasteiger partial charge in [-0.15, -0.1) is 0 Å². The Bertz CT molecular complexity index is 351. The van der Waals surface area contributed by atoms with Crippen molar-refractivity contribution in [1.82, 2.24) is 4.98 Å². The SMILES string of the molecule is Clc1ccc(Cl)c(COC2CCCCC2)n1. The molecule has 0 saturated heterocycles. The number of nitrogens with zero attached hydrogens (tertiary/aromatic N) is 1. The standard InChI is InChI=1S/C12H15Cl2NO/c13-10-6-7-12(14)15-11(10)8-16-9-4-2-1-3-5-9/h6-7,9H,1-5,8H2. The molecule has 1 aliphatic rings. The molecular formula is C12H15Cl2NO. The van der Waals surface area contributed by atoms with Crippen LogP contribution in [0.2, 0.25) is 10.2 Å². The highest BCUT2D eigenvalue weighted by Gasteiger charge is 2.14. The lowest BCUT2D eigenvalue weighted by Crippen LogP contribution is -2.16. The summed E-state index contributed by atoms with van der Waals surface area (Å²) < 4.78 is 5.80. The van der Waals surface area contributed by atoms with Gasteiger partial charge in [-0.1, -0.05) is 42.5 Å². The summed E-state index contributed by atoms with van der Waals surface area (Å²) in [5.74, 6) is 0. The maximum absolute atomic E-state index is 6.01. The van der Waals surface area contributed by atoms with Crippen LogP contribution in [0.25, 0.3) is 0 Å². The van der Waals surface area contributed by atoms with Gasteiger partial charge in [-0.2, -0.15) is 0 Å². The molecule has 16 heavy (non-hydrogen) atoms. The zero-order valence-electron chi connectivity index (χ0n) is 9.09. The lowest BCUT2D eigenvalue weighted by molar-refractivity contribution is 0.0153. The molecule has 1 aliphatic carbocycles. The lowest BCUT2D eigenvalue weighted by Gasteiger charge is -2.21. The molecular weight excluding hydrogens is 245 g/mol. The number of hydrogen-bond donors (Lipinski definition) is 0. The summed E-state index contributed by atoms with van der Waals surface area (Å²) in [4.78, 5) is 4.17. The Morgan fingerprint density at radius 3 is 2.69 bits per heavy atom. The third kappa shape index (κ3) is 3.34. The van der Waals surface area contributed by atoms with E-state index in [1.54, 1.807) is 12.1 Å². The molecule has 0 radical (unpaired) electrons. The normalized spacial score (nSPS) is 17.6. The van der Waals surface area contributed by atoms with Crippen molar-refractivity contribution in [3.8, 4) is 0 Å². The van der Waals surface area contributed by atoms with E-state index in [1.165, 1.54) is 19.3 Å². The van der Waals surface area contributed by atoms with Gasteiger partial charge in [-0.3, -0.25) is 0 Å². The molecule has 0 bridgehead atoms. The van der Waals surface area contributed by atoms with Crippen LogP contribution in [0.15, 0.2) is 12.1 Å². The number of ether oxygens (including phenoxy) is 1. The van der Waals surface area contributed by atoms with Crippen molar-refractivity contribution in [1.29, 1.82) is 0 Å². The highest BCUT2D eigenvalue weighted by Crippen LogP contribution is 2.23. The van der Waals surface area contributed by atoms with Gasteiger partial charge in [-0.05, 0) is 25.0 Å².